The van der Waals surface area contributed by atoms with E-state index in [4.69, 9.17) is 21.1 Å². The van der Waals surface area contributed by atoms with Crippen molar-refractivity contribution in [2.75, 3.05) is 6.61 Å². The molecule has 2 aliphatic carbocycles. The van der Waals surface area contributed by atoms with E-state index in [-0.39, 0.29) is 42.1 Å². The topological polar surface area (TPSA) is 85.3 Å². The van der Waals surface area contributed by atoms with Crippen LogP contribution in [0.5, 0.6) is 5.75 Å². The Hall–Kier alpha value is -2.19. The third-order valence-corrected chi connectivity index (χ3v) is 6.52. The monoisotopic (exact) mass is 494 g/mol. The van der Waals surface area contributed by atoms with Crippen LogP contribution in [0.25, 0.3) is 0 Å². The lowest BCUT2D eigenvalue weighted by Gasteiger charge is -2.17. The number of benzene rings is 1. The van der Waals surface area contributed by atoms with Crippen LogP contribution in [0, 0.1) is 23.7 Å². The Morgan fingerprint density at radius 2 is 1.93 bits per heavy atom. The largest absolute Gasteiger partial charge is 0.477 e. The Morgan fingerprint density at radius 1 is 1.30 bits per heavy atom. The maximum Gasteiger partial charge on any atom is 0.347 e. The molecule has 1 aromatic rings. The fraction of sp³-hybridized carbons (Fsp3) is 0.429. The summed E-state index contributed by atoms with van der Waals surface area (Å²) in [6, 6.07) is 3.20. The van der Waals surface area contributed by atoms with Crippen molar-refractivity contribution in [2.24, 2.45) is 28.8 Å². The maximum atomic E-state index is 12.8. The van der Waals surface area contributed by atoms with Crippen LogP contribution in [-0.4, -0.2) is 41.7 Å². The molecule has 158 valence electrons. The zero-order valence-electron chi connectivity index (χ0n) is 16.4. The minimum absolute atomic E-state index is 0.112. The molecule has 1 saturated heterocycles. The van der Waals surface area contributed by atoms with Gasteiger partial charge in [-0.05, 0) is 60.2 Å². The minimum Gasteiger partial charge on any atom is -0.477 e. The number of fused-ring (bicyclic) bond motifs is 5. The van der Waals surface area contributed by atoms with Crippen molar-refractivity contribution in [3.8, 4) is 5.75 Å². The molecule has 1 aromatic carbocycles. The number of carbonyl (C=O) groups excluding carboxylic acids is 3. The van der Waals surface area contributed by atoms with Crippen molar-refractivity contribution in [2.45, 2.75) is 26.4 Å². The predicted octanol–water partition coefficient (Wildman–Crippen LogP) is 3.57. The molecule has 0 spiro atoms. The van der Waals surface area contributed by atoms with E-state index >= 15 is 0 Å². The van der Waals surface area contributed by atoms with E-state index in [9.17, 15) is 14.4 Å². The van der Waals surface area contributed by atoms with E-state index in [1.54, 1.807) is 26.0 Å². The number of hydrogen-bond acceptors (Lipinski definition) is 6. The molecular weight excluding hydrogens is 476 g/mol. The summed E-state index contributed by atoms with van der Waals surface area (Å²) in [4.78, 5) is 37.5. The highest BCUT2D eigenvalue weighted by Crippen LogP contribution is 2.52. The standard InChI is InChI=1S/C21H20BrClN2O5/c1-3-29-21(28)10(2)30-18-13(7-14(23)8-15(18)22)9-24-25-19(26)16-11-4-5-12(6-11)17(16)20(25)27/h4-5,7-12,16-17H,3,6H2,1-2H3/t10-,11+,12+,16-,17+/m1/s1. The second-order valence-electron chi connectivity index (χ2n) is 7.55. The van der Waals surface area contributed by atoms with Crippen LogP contribution in [0.3, 0.4) is 0 Å². The van der Waals surface area contributed by atoms with Crippen LogP contribution < -0.4 is 4.74 Å². The second kappa shape index (κ2) is 8.15. The maximum absolute atomic E-state index is 12.8. The van der Waals surface area contributed by atoms with Gasteiger partial charge in [-0.2, -0.15) is 10.1 Å². The number of hydrogen-bond donors (Lipinski definition) is 0. The number of ether oxygens (including phenoxy) is 2. The number of allylic oxidation sites excluding steroid dienone is 2. The molecule has 0 aromatic heterocycles. The summed E-state index contributed by atoms with van der Waals surface area (Å²) in [7, 11) is 0. The molecule has 5 atom stereocenters. The van der Waals surface area contributed by atoms with Gasteiger partial charge in [0.15, 0.2) is 6.10 Å². The summed E-state index contributed by atoms with van der Waals surface area (Å²) < 4.78 is 11.2. The van der Waals surface area contributed by atoms with Crippen LogP contribution >= 0.6 is 27.5 Å². The number of hydrazone groups is 1. The smallest absolute Gasteiger partial charge is 0.347 e. The third kappa shape index (κ3) is 3.56. The zero-order chi connectivity index (χ0) is 21.6. The van der Waals surface area contributed by atoms with E-state index < -0.39 is 12.1 Å². The van der Waals surface area contributed by atoms with Gasteiger partial charge in [0.05, 0.1) is 29.1 Å². The molecule has 7 nitrogen and oxygen atoms in total. The fourth-order valence-corrected chi connectivity index (χ4v) is 5.33. The minimum atomic E-state index is -0.870. The van der Waals surface area contributed by atoms with E-state index in [0.717, 1.165) is 11.4 Å². The molecule has 0 N–H and O–H groups in total. The molecule has 2 fully saturated rings. The van der Waals surface area contributed by atoms with E-state index in [2.05, 4.69) is 21.0 Å². The summed E-state index contributed by atoms with van der Waals surface area (Å²) in [5.41, 5.74) is 0.421. The first-order valence-electron chi connectivity index (χ1n) is 9.74. The van der Waals surface area contributed by atoms with E-state index in [1.165, 1.54) is 6.21 Å². The van der Waals surface area contributed by atoms with Crippen molar-refractivity contribution in [1.29, 1.82) is 0 Å². The predicted molar refractivity (Wildman–Crippen MR) is 113 cm³/mol. The molecule has 4 rings (SSSR count). The lowest BCUT2D eigenvalue weighted by atomic mass is 9.85. The third-order valence-electron chi connectivity index (χ3n) is 5.71. The normalized spacial score (nSPS) is 27.8. The number of carbonyl (C=O) groups is 3. The van der Waals surface area contributed by atoms with Gasteiger partial charge in [-0.1, -0.05) is 23.8 Å². The number of amides is 2. The number of halogens is 2. The van der Waals surface area contributed by atoms with E-state index in [0.29, 0.717) is 20.8 Å². The van der Waals surface area contributed by atoms with Crippen LogP contribution in [0.1, 0.15) is 25.8 Å². The highest BCUT2D eigenvalue weighted by molar-refractivity contribution is 9.10. The molecule has 3 aliphatic rings. The van der Waals surface area contributed by atoms with Crippen molar-refractivity contribution < 1.29 is 23.9 Å². The van der Waals surface area contributed by atoms with Gasteiger partial charge >= 0.3 is 5.97 Å². The van der Waals surface area contributed by atoms with Crippen LogP contribution in [0.2, 0.25) is 5.02 Å². The van der Waals surface area contributed by atoms with Crippen molar-refractivity contribution in [3.63, 3.8) is 0 Å². The average Bonchev–Trinajstić information content (AvgIpc) is 3.37. The van der Waals surface area contributed by atoms with Crippen LogP contribution in [0.4, 0.5) is 0 Å². The quantitative estimate of drug-likeness (QED) is 0.261. The molecule has 2 amide bonds. The summed E-state index contributed by atoms with van der Waals surface area (Å²) in [5, 5.41) is 5.53. The molecule has 1 heterocycles. The van der Waals surface area contributed by atoms with Crippen molar-refractivity contribution in [1.82, 2.24) is 5.01 Å². The number of rotatable bonds is 6. The highest BCUT2D eigenvalue weighted by Gasteiger charge is 2.59. The first-order valence-corrected chi connectivity index (χ1v) is 10.9. The van der Waals surface area contributed by atoms with Gasteiger partial charge in [0.1, 0.15) is 5.75 Å². The number of nitrogens with zero attached hydrogens (tertiary/aromatic N) is 2. The van der Waals surface area contributed by atoms with Gasteiger partial charge in [-0.25, -0.2) is 4.79 Å². The molecule has 9 heteroatoms. The zero-order valence-corrected chi connectivity index (χ0v) is 18.7. The molecule has 1 saturated carbocycles. The van der Waals surface area contributed by atoms with Gasteiger partial charge in [-0.15, -0.1) is 0 Å². The van der Waals surface area contributed by atoms with E-state index in [1.807, 2.05) is 12.2 Å². The summed E-state index contributed by atoms with van der Waals surface area (Å²) in [6.07, 6.45) is 5.40. The Kier molecular flexibility index (Phi) is 5.72. The molecular formula is C21H20BrClN2O5. The molecule has 0 unspecified atom stereocenters. The van der Waals surface area contributed by atoms with Gasteiger partial charge in [0.25, 0.3) is 11.8 Å². The lowest BCUT2D eigenvalue weighted by molar-refractivity contribution is -0.150. The van der Waals surface area contributed by atoms with Crippen molar-refractivity contribution >= 4 is 51.5 Å². The first kappa shape index (κ1) is 21.1. The van der Waals surface area contributed by atoms with Gasteiger partial charge in [-0.3, -0.25) is 9.59 Å². The van der Waals surface area contributed by atoms with Crippen molar-refractivity contribution in [3.05, 3.63) is 39.3 Å². The SMILES string of the molecule is CCOC(=O)[C@@H](C)Oc1c(Br)cc(Cl)cc1C=NN1C(=O)[C@@H]2[C@H](C1=O)[C@H]1C=C[C@H]2C1. The lowest BCUT2D eigenvalue weighted by Crippen LogP contribution is -2.28. The van der Waals surface area contributed by atoms with Gasteiger partial charge in [0.2, 0.25) is 0 Å². The molecule has 2 bridgehead atoms. The molecule has 0 radical (unpaired) electrons. The van der Waals surface area contributed by atoms with Gasteiger partial charge in [0, 0.05) is 10.6 Å². The number of esters is 1. The van der Waals surface area contributed by atoms with Crippen LogP contribution in [0.15, 0.2) is 33.9 Å². The van der Waals surface area contributed by atoms with Crippen LogP contribution in [-0.2, 0) is 19.1 Å². The van der Waals surface area contributed by atoms with Gasteiger partial charge < -0.3 is 9.47 Å². The fourth-order valence-electron chi connectivity index (χ4n) is 4.41. The second-order valence-corrected chi connectivity index (χ2v) is 8.84. The summed E-state index contributed by atoms with van der Waals surface area (Å²) in [6.45, 7) is 3.51. The molecule has 1 aliphatic heterocycles. The Balaban J connectivity index is 1.59. The first-order chi connectivity index (χ1) is 14.3. The summed E-state index contributed by atoms with van der Waals surface area (Å²) in [5.74, 6) is -1.18. The average molecular weight is 496 g/mol. The molecule has 30 heavy (non-hydrogen) atoms. The number of imide groups is 1. The Labute approximate surface area is 187 Å². The highest BCUT2D eigenvalue weighted by atomic mass is 79.9. The Morgan fingerprint density at radius 3 is 2.53 bits per heavy atom. The summed E-state index contributed by atoms with van der Waals surface area (Å²) >= 11 is 9.53. The Bertz CT molecular complexity index is 948.